The molecule has 0 saturated carbocycles. The van der Waals surface area contributed by atoms with Gasteiger partial charge in [-0.15, -0.1) is 0 Å². The van der Waals surface area contributed by atoms with E-state index in [2.05, 4.69) is 17.2 Å². The number of ether oxygens (including phenoxy) is 1. The van der Waals surface area contributed by atoms with Crippen LogP contribution in [0.2, 0.25) is 0 Å². The first-order valence-corrected chi connectivity index (χ1v) is 5.57. The smallest absolute Gasteiger partial charge is 0.326 e. The molecule has 0 bridgehead atoms. The van der Waals surface area contributed by atoms with Gasteiger partial charge in [-0.3, -0.25) is 0 Å². The fraction of sp³-hybridized carbons (Fsp3) is 0.636. The first-order chi connectivity index (χ1) is 8.47. The molecule has 0 aromatic carbocycles. The zero-order valence-corrected chi connectivity index (χ0v) is 10.4. The molecule has 1 unspecified atom stereocenters. The van der Waals surface area contributed by atoms with E-state index in [0.29, 0.717) is 13.2 Å². The van der Waals surface area contributed by atoms with Crippen molar-refractivity contribution in [1.82, 2.24) is 10.6 Å². The molecule has 0 aliphatic heterocycles. The summed E-state index contributed by atoms with van der Waals surface area (Å²) in [6, 6.07) is -1.69. The third-order valence-electron chi connectivity index (χ3n) is 1.90. The first kappa shape index (κ1) is 16.4. The lowest BCUT2D eigenvalue weighted by Gasteiger charge is -2.14. The van der Waals surface area contributed by atoms with Crippen LogP contribution in [0.15, 0.2) is 12.2 Å². The molecule has 0 aromatic heterocycles. The Morgan fingerprint density at radius 3 is 2.61 bits per heavy atom. The fourth-order valence-corrected chi connectivity index (χ4v) is 1.08. The Labute approximate surface area is 106 Å². The second kappa shape index (κ2) is 9.43. The Bertz CT molecular complexity index is 293. The number of carbonyl (C=O) groups excluding carboxylic acids is 1. The van der Waals surface area contributed by atoms with Gasteiger partial charge in [0.15, 0.2) is 0 Å². The topological polar surface area (TPSA) is 108 Å². The number of carboxylic acid groups (broad SMARTS) is 1. The van der Waals surface area contributed by atoms with Crippen molar-refractivity contribution >= 4 is 12.0 Å². The number of urea groups is 1. The van der Waals surface area contributed by atoms with E-state index >= 15 is 0 Å². The fourth-order valence-electron chi connectivity index (χ4n) is 1.08. The molecule has 0 radical (unpaired) electrons. The lowest BCUT2D eigenvalue weighted by molar-refractivity contribution is -0.139. The highest BCUT2D eigenvalue weighted by Crippen LogP contribution is 1.91. The van der Waals surface area contributed by atoms with Crippen LogP contribution in [0.4, 0.5) is 4.79 Å². The molecule has 4 N–H and O–H groups in total. The van der Waals surface area contributed by atoms with Gasteiger partial charge in [-0.1, -0.05) is 12.2 Å². The van der Waals surface area contributed by atoms with Gasteiger partial charge in [-0.05, 0) is 6.92 Å². The number of aliphatic carboxylic acids is 1. The minimum absolute atomic E-state index is 0.0328. The molecule has 7 nitrogen and oxygen atoms in total. The van der Waals surface area contributed by atoms with Crippen LogP contribution in [-0.2, 0) is 9.53 Å². The van der Waals surface area contributed by atoms with E-state index in [4.69, 9.17) is 14.9 Å². The molecule has 104 valence electrons. The lowest BCUT2D eigenvalue weighted by atomic mass is 10.2. The maximum absolute atomic E-state index is 11.3. The number of nitrogens with one attached hydrogen (secondary N) is 2. The van der Waals surface area contributed by atoms with E-state index in [0.717, 1.165) is 5.57 Å². The van der Waals surface area contributed by atoms with Gasteiger partial charge in [-0.2, -0.15) is 0 Å². The third kappa shape index (κ3) is 8.54. The molecule has 0 fully saturated rings. The van der Waals surface area contributed by atoms with Gasteiger partial charge in [0.1, 0.15) is 6.04 Å². The average molecular weight is 260 g/mol. The van der Waals surface area contributed by atoms with Gasteiger partial charge in [0, 0.05) is 19.6 Å². The molecule has 1 atom stereocenters. The average Bonchev–Trinajstić information content (AvgIpc) is 2.27. The molecular formula is C11H20N2O5. The number of hydrogen-bond donors (Lipinski definition) is 4. The number of carbonyl (C=O) groups is 2. The molecule has 0 aromatic rings. The SMILES string of the molecule is C=C(C)COCCNC(=O)NC(CCO)C(=O)O. The van der Waals surface area contributed by atoms with E-state index in [9.17, 15) is 9.59 Å². The second-order valence-corrected chi connectivity index (χ2v) is 3.81. The maximum atomic E-state index is 11.3. The van der Waals surface area contributed by atoms with Gasteiger partial charge < -0.3 is 25.6 Å². The summed E-state index contributed by atoms with van der Waals surface area (Å²) in [6.45, 7) is 6.18. The standard InChI is InChI=1S/C11H20N2O5/c1-8(2)7-18-6-4-12-11(17)13-9(3-5-14)10(15)16/h9,14H,1,3-7H2,2H3,(H,15,16)(H2,12,13,17). The van der Waals surface area contributed by atoms with E-state index in [1.54, 1.807) is 0 Å². The van der Waals surface area contributed by atoms with Crippen LogP contribution < -0.4 is 10.6 Å². The Morgan fingerprint density at radius 1 is 1.44 bits per heavy atom. The number of aliphatic hydroxyl groups is 1. The Hall–Kier alpha value is -1.60. The summed E-state index contributed by atoms with van der Waals surface area (Å²) in [7, 11) is 0. The summed E-state index contributed by atoms with van der Waals surface area (Å²) in [4.78, 5) is 22.0. The van der Waals surface area contributed by atoms with E-state index in [1.165, 1.54) is 0 Å². The predicted octanol–water partition coefficient (Wildman–Crippen LogP) is -0.286. The van der Waals surface area contributed by atoms with E-state index in [1.807, 2.05) is 6.92 Å². The molecule has 0 rings (SSSR count). The first-order valence-electron chi connectivity index (χ1n) is 5.57. The molecule has 0 heterocycles. The van der Waals surface area contributed by atoms with Gasteiger partial charge in [0.2, 0.25) is 0 Å². The van der Waals surface area contributed by atoms with E-state index in [-0.39, 0.29) is 19.6 Å². The van der Waals surface area contributed by atoms with Crippen LogP contribution in [0, 0.1) is 0 Å². The van der Waals surface area contributed by atoms with Crippen LogP contribution in [0.25, 0.3) is 0 Å². The predicted molar refractivity (Wildman–Crippen MR) is 65.3 cm³/mol. The number of aliphatic hydroxyl groups excluding tert-OH is 1. The van der Waals surface area contributed by atoms with Crippen LogP contribution in [0.1, 0.15) is 13.3 Å². The van der Waals surface area contributed by atoms with Crippen molar-refractivity contribution in [2.45, 2.75) is 19.4 Å². The zero-order chi connectivity index (χ0) is 14.0. The summed E-state index contributed by atoms with van der Waals surface area (Å²) in [5.41, 5.74) is 0.883. The van der Waals surface area contributed by atoms with Gasteiger partial charge in [-0.25, -0.2) is 9.59 Å². The molecule has 0 aliphatic rings. The quantitative estimate of drug-likeness (QED) is 0.337. The molecule has 0 saturated heterocycles. The highest BCUT2D eigenvalue weighted by atomic mass is 16.5. The summed E-state index contributed by atoms with van der Waals surface area (Å²) >= 11 is 0. The molecule has 7 heteroatoms. The van der Waals surface area contributed by atoms with E-state index < -0.39 is 18.0 Å². The molecule has 2 amide bonds. The lowest BCUT2D eigenvalue weighted by Crippen LogP contribution is -2.47. The summed E-state index contributed by atoms with van der Waals surface area (Å²) in [6.07, 6.45) is -0.0328. The van der Waals surface area contributed by atoms with Crippen LogP contribution in [0.5, 0.6) is 0 Å². The van der Waals surface area contributed by atoms with Crippen LogP contribution in [-0.4, -0.2) is 54.6 Å². The van der Waals surface area contributed by atoms with Gasteiger partial charge >= 0.3 is 12.0 Å². The van der Waals surface area contributed by atoms with Gasteiger partial charge in [0.25, 0.3) is 0 Å². The molecule has 18 heavy (non-hydrogen) atoms. The van der Waals surface area contributed by atoms with Crippen molar-refractivity contribution in [3.05, 3.63) is 12.2 Å². The zero-order valence-electron chi connectivity index (χ0n) is 10.4. The number of amides is 2. The second-order valence-electron chi connectivity index (χ2n) is 3.81. The van der Waals surface area contributed by atoms with Gasteiger partial charge in [0.05, 0.1) is 13.2 Å². The van der Waals surface area contributed by atoms with Crippen molar-refractivity contribution in [3.8, 4) is 0 Å². The normalized spacial score (nSPS) is 11.7. The maximum Gasteiger partial charge on any atom is 0.326 e. The summed E-state index contributed by atoms with van der Waals surface area (Å²) in [5, 5.41) is 22.1. The minimum Gasteiger partial charge on any atom is -0.480 e. The molecule has 0 aliphatic carbocycles. The monoisotopic (exact) mass is 260 g/mol. The number of carboxylic acids is 1. The van der Waals surface area contributed by atoms with Crippen LogP contribution in [0.3, 0.4) is 0 Å². The Balaban J connectivity index is 3.74. The highest BCUT2D eigenvalue weighted by molar-refractivity contribution is 5.82. The Kier molecular flexibility index (Phi) is 8.59. The van der Waals surface area contributed by atoms with Crippen LogP contribution >= 0.6 is 0 Å². The van der Waals surface area contributed by atoms with Crippen molar-refractivity contribution in [2.24, 2.45) is 0 Å². The van der Waals surface area contributed by atoms with Crippen molar-refractivity contribution in [1.29, 1.82) is 0 Å². The van der Waals surface area contributed by atoms with Crippen molar-refractivity contribution < 1.29 is 24.5 Å². The summed E-state index contributed by atoms with van der Waals surface area (Å²) < 4.78 is 5.15. The Morgan fingerprint density at radius 2 is 2.11 bits per heavy atom. The molecular weight excluding hydrogens is 240 g/mol. The summed E-state index contributed by atoms with van der Waals surface area (Å²) in [5.74, 6) is -1.18. The number of hydrogen-bond acceptors (Lipinski definition) is 4. The largest absolute Gasteiger partial charge is 0.480 e. The van der Waals surface area contributed by atoms with Crippen molar-refractivity contribution in [2.75, 3.05) is 26.4 Å². The van der Waals surface area contributed by atoms with Crippen molar-refractivity contribution in [3.63, 3.8) is 0 Å². The number of rotatable bonds is 9. The third-order valence-corrected chi connectivity index (χ3v) is 1.90. The molecule has 0 spiro atoms. The highest BCUT2D eigenvalue weighted by Gasteiger charge is 2.18. The minimum atomic E-state index is -1.18.